The minimum absolute atomic E-state index is 0.388. The second-order valence-corrected chi connectivity index (χ2v) is 4.89. The van der Waals surface area contributed by atoms with Gasteiger partial charge in [-0.15, -0.1) is 0 Å². The normalized spacial score (nSPS) is 21.1. The van der Waals surface area contributed by atoms with Crippen molar-refractivity contribution in [3.05, 3.63) is 29.6 Å². The molecule has 1 saturated heterocycles. The topological polar surface area (TPSA) is 37.4 Å². The second-order valence-electron chi connectivity index (χ2n) is 4.89. The summed E-state index contributed by atoms with van der Waals surface area (Å²) in [6.07, 6.45) is 2.79. The first-order valence-corrected chi connectivity index (χ1v) is 6.66. The van der Waals surface area contributed by atoms with Gasteiger partial charge in [0, 0.05) is 26.7 Å². The molecule has 2 heterocycles. The molecule has 4 heteroatoms. The lowest BCUT2D eigenvalue weighted by Crippen LogP contribution is -2.38. The number of piperidine rings is 1. The summed E-state index contributed by atoms with van der Waals surface area (Å²) in [5, 5.41) is 3.13. The number of pyridine rings is 1. The Labute approximate surface area is 109 Å². The smallest absolute Gasteiger partial charge is 0.0698 e. The molecule has 0 aromatic carbocycles. The molecular weight excluding hydrogens is 226 g/mol. The van der Waals surface area contributed by atoms with Crippen LogP contribution in [0.5, 0.6) is 0 Å². The second kappa shape index (κ2) is 6.83. The highest BCUT2D eigenvalue weighted by atomic mass is 16.5. The quantitative estimate of drug-likeness (QED) is 0.856. The van der Waals surface area contributed by atoms with Gasteiger partial charge in [-0.05, 0) is 38.6 Å². The van der Waals surface area contributed by atoms with Crippen molar-refractivity contribution in [1.29, 1.82) is 0 Å². The Balaban J connectivity index is 1.93. The van der Waals surface area contributed by atoms with E-state index in [1.165, 1.54) is 12.8 Å². The summed E-state index contributed by atoms with van der Waals surface area (Å²) in [7, 11) is 3.75. The third-order valence-corrected chi connectivity index (χ3v) is 3.40. The Kier molecular flexibility index (Phi) is 5.11. The number of nitrogens with zero attached hydrogens (tertiary/aromatic N) is 2. The van der Waals surface area contributed by atoms with Crippen molar-refractivity contribution >= 4 is 0 Å². The van der Waals surface area contributed by atoms with Crippen LogP contribution in [0.1, 0.15) is 24.2 Å². The van der Waals surface area contributed by atoms with Gasteiger partial charge in [-0.25, -0.2) is 0 Å². The zero-order chi connectivity index (χ0) is 12.8. The number of aromatic nitrogens is 1. The molecule has 1 fully saturated rings. The summed E-state index contributed by atoms with van der Waals surface area (Å²) >= 11 is 0. The van der Waals surface area contributed by atoms with Crippen molar-refractivity contribution in [3.63, 3.8) is 0 Å². The highest BCUT2D eigenvalue weighted by Gasteiger charge is 2.19. The fourth-order valence-electron chi connectivity index (χ4n) is 2.48. The monoisotopic (exact) mass is 249 g/mol. The van der Waals surface area contributed by atoms with E-state index < -0.39 is 0 Å². The van der Waals surface area contributed by atoms with Gasteiger partial charge in [-0.1, -0.05) is 6.07 Å². The molecule has 1 aromatic rings. The first kappa shape index (κ1) is 13.5. The highest BCUT2D eigenvalue weighted by molar-refractivity contribution is 5.11. The van der Waals surface area contributed by atoms with Crippen LogP contribution in [0, 0.1) is 0 Å². The van der Waals surface area contributed by atoms with Crippen LogP contribution in [-0.4, -0.2) is 43.2 Å². The van der Waals surface area contributed by atoms with Crippen molar-refractivity contribution in [2.24, 2.45) is 0 Å². The number of ether oxygens (including phenoxy) is 1. The minimum Gasteiger partial charge on any atom is -0.380 e. The molecule has 1 atom stereocenters. The zero-order valence-corrected chi connectivity index (χ0v) is 11.4. The summed E-state index contributed by atoms with van der Waals surface area (Å²) in [4.78, 5) is 7.10. The number of rotatable bonds is 5. The van der Waals surface area contributed by atoms with E-state index >= 15 is 0 Å². The molecule has 0 aliphatic carbocycles. The number of methoxy groups -OCH3 is 1. The van der Waals surface area contributed by atoms with E-state index in [9.17, 15) is 0 Å². The molecule has 1 aliphatic heterocycles. The third kappa shape index (κ3) is 3.77. The summed E-state index contributed by atoms with van der Waals surface area (Å²) in [5.74, 6) is 0. The van der Waals surface area contributed by atoms with Crippen LogP contribution in [0.2, 0.25) is 0 Å². The van der Waals surface area contributed by atoms with Gasteiger partial charge in [-0.3, -0.25) is 9.88 Å². The van der Waals surface area contributed by atoms with Gasteiger partial charge in [0.2, 0.25) is 0 Å². The molecule has 1 aromatic heterocycles. The lowest BCUT2D eigenvalue weighted by molar-refractivity contribution is 0.0281. The standard InChI is InChI=1S/C14H23N3O/c1-15-9-12-5-3-6-13(16-12)10-17-8-4-7-14(11-17)18-2/h3,5-6,14-15H,4,7-11H2,1-2H3. The fraction of sp³-hybridized carbons (Fsp3) is 0.643. The van der Waals surface area contributed by atoms with Crippen molar-refractivity contribution in [2.75, 3.05) is 27.2 Å². The number of hydrogen-bond acceptors (Lipinski definition) is 4. The van der Waals surface area contributed by atoms with Crippen LogP contribution < -0.4 is 5.32 Å². The van der Waals surface area contributed by atoms with E-state index in [0.29, 0.717) is 6.10 Å². The van der Waals surface area contributed by atoms with E-state index in [1.54, 1.807) is 7.11 Å². The molecule has 0 spiro atoms. The first-order chi connectivity index (χ1) is 8.81. The van der Waals surface area contributed by atoms with Crippen LogP contribution >= 0.6 is 0 Å². The average molecular weight is 249 g/mol. The molecule has 0 saturated carbocycles. The molecule has 1 aliphatic rings. The molecule has 2 rings (SSSR count). The van der Waals surface area contributed by atoms with Gasteiger partial charge in [0.1, 0.15) is 0 Å². The maximum atomic E-state index is 5.45. The summed E-state index contributed by atoms with van der Waals surface area (Å²) < 4.78 is 5.45. The molecule has 0 radical (unpaired) electrons. The maximum Gasteiger partial charge on any atom is 0.0698 e. The summed E-state index contributed by atoms with van der Waals surface area (Å²) in [5.41, 5.74) is 2.26. The summed E-state index contributed by atoms with van der Waals surface area (Å²) in [6.45, 7) is 3.93. The maximum absolute atomic E-state index is 5.45. The Morgan fingerprint density at radius 2 is 2.28 bits per heavy atom. The van der Waals surface area contributed by atoms with E-state index in [1.807, 2.05) is 7.05 Å². The minimum atomic E-state index is 0.388. The van der Waals surface area contributed by atoms with Crippen LogP contribution in [0.15, 0.2) is 18.2 Å². The number of hydrogen-bond donors (Lipinski definition) is 1. The van der Waals surface area contributed by atoms with E-state index in [2.05, 4.69) is 33.4 Å². The molecular formula is C14H23N3O. The Morgan fingerprint density at radius 1 is 1.44 bits per heavy atom. The van der Waals surface area contributed by atoms with E-state index in [0.717, 1.165) is 37.6 Å². The molecule has 18 heavy (non-hydrogen) atoms. The van der Waals surface area contributed by atoms with Gasteiger partial charge >= 0.3 is 0 Å². The van der Waals surface area contributed by atoms with Crippen molar-refractivity contribution in [2.45, 2.75) is 32.0 Å². The largest absolute Gasteiger partial charge is 0.380 e. The molecule has 0 amide bonds. The van der Waals surface area contributed by atoms with Crippen molar-refractivity contribution in [3.8, 4) is 0 Å². The van der Waals surface area contributed by atoms with Crippen LogP contribution in [-0.2, 0) is 17.8 Å². The third-order valence-electron chi connectivity index (χ3n) is 3.40. The van der Waals surface area contributed by atoms with Crippen molar-refractivity contribution < 1.29 is 4.74 Å². The first-order valence-electron chi connectivity index (χ1n) is 6.66. The van der Waals surface area contributed by atoms with Gasteiger partial charge in [0.05, 0.1) is 17.5 Å². The van der Waals surface area contributed by atoms with Crippen LogP contribution in [0.25, 0.3) is 0 Å². The molecule has 0 bridgehead atoms. The molecule has 100 valence electrons. The molecule has 4 nitrogen and oxygen atoms in total. The van der Waals surface area contributed by atoms with Gasteiger partial charge in [-0.2, -0.15) is 0 Å². The average Bonchev–Trinajstić information content (AvgIpc) is 2.40. The lowest BCUT2D eigenvalue weighted by Gasteiger charge is -2.31. The number of likely N-dealkylation sites (tertiary alicyclic amines) is 1. The molecule has 1 unspecified atom stereocenters. The van der Waals surface area contributed by atoms with Gasteiger partial charge in [0.25, 0.3) is 0 Å². The van der Waals surface area contributed by atoms with E-state index in [4.69, 9.17) is 4.74 Å². The van der Waals surface area contributed by atoms with Crippen molar-refractivity contribution in [1.82, 2.24) is 15.2 Å². The highest BCUT2D eigenvalue weighted by Crippen LogP contribution is 2.14. The predicted molar refractivity (Wildman–Crippen MR) is 72.3 cm³/mol. The predicted octanol–water partition coefficient (Wildman–Crippen LogP) is 1.41. The summed E-state index contributed by atoms with van der Waals surface area (Å²) in [6, 6.07) is 6.26. The van der Waals surface area contributed by atoms with E-state index in [-0.39, 0.29) is 0 Å². The Morgan fingerprint density at radius 3 is 3.06 bits per heavy atom. The Bertz CT molecular complexity index is 370. The fourth-order valence-corrected chi connectivity index (χ4v) is 2.48. The Hall–Kier alpha value is -0.970. The van der Waals surface area contributed by atoms with Crippen LogP contribution in [0.4, 0.5) is 0 Å². The SMILES string of the molecule is CNCc1cccc(CN2CCCC(OC)C2)n1. The number of nitrogens with one attached hydrogen (secondary N) is 1. The van der Waals surface area contributed by atoms with Gasteiger partial charge < -0.3 is 10.1 Å². The molecule has 1 N–H and O–H groups in total. The van der Waals surface area contributed by atoms with Gasteiger partial charge in [0.15, 0.2) is 0 Å². The van der Waals surface area contributed by atoms with Crippen LogP contribution in [0.3, 0.4) is 0 Å². The lowest BCUT2D eigenvalue weighted by atomic mass is 10.1. The zero-order valence-electron chi connectivity index (χ0n) is 11.4.